The molecule has 2 bridgehead atoms. The van der Waals surface area contributed by atoms with Crippen LogP contribution in [0.1, 0.15) is 6.42 Å². The lowest BCUT2D eigenvalue weighted by Gasteiger charge is -2.19. The number of rotatable bonds is 1. The topological polar surface area (TPSA) is 63.3 Å². The van der Waals surface area contributed by atoms with Crippen molar-refractivity contribution in [2.24, 2.45) is 23.5 Å². The summed E-state index contributed by atoms with van der Waals surface area (Å²) < 4.78 is 0. The molecule has 2 unspecified atom stereocenters. The number of fused-ring (bicyclic) bond motifs is 2. The molecule has 0 aliphatic heterocycles. The fourth-order valence-corrected chi connectivity index (χ4v) is 2.21. The van der Waals surface area contributed by atoms with E-state index in [1.165, 1.54) is 0 Å². The molecule has 0 spiro atoms. The number of carboxylic acid groups (broad SMARTS) is 1. The quantitative estimate of drug-likeness (QED) is 0.530. The Kier molecular flexibility index (Phi) is 1.29. The number of carbonyl (C=O) groups is 1. The van der Waals surface area contributed by atoms with E-state index in [2.05, 4.69) is 6.08 Å². The van der Waals surface area contributed by atoms with Crippen LogP contribution >= 0.6 is 0 Å². The summed E-state index contributed by atoms with van der Waals surface area (Å²) in [5.74, 6) is -0.548. The van der Waals surface area contributed by atoms with Gasteiger partial charge in [-0.15, -0.1) is 0 Å². The third kappa shape index (κ3) is 0.807. The molecule has 0 aromatic carbocycles. The fraction of sp³-hybridized carbons (Fsp3) is 0.625. The SMILES string of the molecule is N[C@@H]1C2C=CC(C2)[C@H]1C(=O)O. The second kappa shape index (κ2) is 2.08. The number of hydrogen-bond acceptors (Lipinski definition) is 2. The molecule has 60 valence electrons. The minimum Gasteiger partial charge on any atom is -0.481 e. The van der Waals surface area contributed by atoms with E-state index >= 15 is 0 Å². The van der Waals surface area contributed by atoms with Crippen molar-refractivity contribution < 1.29 is 9.90 Å². The van der Waals surface area contributed by atoms with Gasteiger partial charge < -0.3 is 10.8 Å². The Bertz CT molecular complexity index is 224. The minimum absolute atomic E-state index is 0.150. The summed E-state index contributed by atoms with van der Waals surface area (Å²) in [6.45, 7) is 0. The molecule has 3 N–H and O–H groups in total. The first-order valence-electron chi connectivity index (χ1n) is 3.87. The zero-order chi connectivity index (χ0) is 8.01. The first-order chi connectivity index (χ1) is 5.20. The predicted octanol–water partition coefficient (Wildman–Crippen LogP) is 0.220. The number of allylic oxidation sites excluding steroid dienone is 1. The van der Waals surface area contributed by atoms with Crippen LogP contribution in [0.4, 0.5) is 0 Å². The minimum atomic E-state index is -0.741. The van der Waals surface area contributed by atoms with Crippen molar-refractivity contribution in [3.63, 3.8) is 0 Å². The molecular formula is C8H11NO2. The highest BCUT2D eigenvalue weighted by Crippen LogP contribution is 2.42. The average molecular weight is 153 g/mol. The van der Waals surface area contributed by atoms with E-state index in [0.29, 0.717) is 5.92 Å². The average Bonchev–Trinajstić information content (AvgIpc) is 2.44. The highest BCUT2D eigenvalue weighted by atomic mass is 16.4. The summed E-state index contributed by atoms with van der Waals surface area (Å²) in [5.41, 5.74) is 5.73. The van der Waals surface area contributed by atoms with Gasteiger partial charge in [0.25, 0.3) is 0 Å². The van der Waals surface area contributed by atoms with E-state index in [-0.39, 0.29) is 17.9 Å². The van der Waals surface area contributed by atoms with Gasteiger partial charge in [-0.1, -0.05) is 12.2 Å². The van der Waals surface area contributed by atoms with Gasteiger partial charge in [0.05, 0.1) is 5.92 Å². The van der Waals surface area contributed by atoms with E-state index in [1.807, 2.05) is 6.08 Å². The van der Waals surface area contributed by atoms with Crippen LogP contribution in [0.5, 0.6) is 0 Å². The van der Waals surface area contributed by atoms with Gasteiger partial charge in [0.1, 0.15) is 0 Å². The molecule has 3 heteroatoms. The van der Waals surface area contributed by atoms with Crippen molar-refractivity contribution in [1.82, 2.24) is 0 Å². The van der Waals surface area contributed by atoms with Crippen LogP contribution in [-0.4, -0.2) is 17.1 Å². The molecule has 0 heterocycles. The zero-order valence-corrected chi connectivity index (χ0v) is 6.10. The van der Waals surface area contributed by atoms with Crippen molar-refractivity contribution in [2.45, 2.75) is 12.5 Å². The van der Waals surface area contributed by atoms with Crippen molar-refractivity contribution in [2.75, 3.05) is 0 Å². The Morgan fingerprint density at radius 3 is 2.45 bits per heavy atom. The van der Waals surface area contributed by atoms with E-state index in [9.17, 15) is 4.79 Å². The van der Waals surface area contributed by atoms with Crippen LogP contribution in [0.15, 0.2) is 12.2 Å². The van der Waals surface area contributed by atoms with Gasteiger partial charge in [0, 0.05) is 6.04 Å². The second-order valence-corrected chi connectivity index (χ2v) is 3.39. The number of carboxylic acids is 1. The Balaban J connectivity index is 2.25. The van der Waals surface area contributed by atoms with Gasteiger partial charge in [-0.3, -0.25) is 4.79 Å². The fourth-order valence-electron chi connectivity index (χ4n) is 2.21. The lowest BCUT2D eigenvalue weighted by atomic mass is 9.90. The predicted molar refractivity (Wildman–Crippen MR) is 39.8 cm³/mol. The third-order valence-electron chi connectivity index (χ3n) is 2.81. The van der Waals surface area contributed by atoms with Crippen molar-refractivity contribution in [3.05, 3.63) is 12.2 Å². The highest BCUT2D eigenvalue weighted by molar-refractivity contribution is 5.72. The van der Waals surface area contributed by atoms with Gasteiger partial charge in [0.2, 0.25) is 0 Å². The molecule has 0 aromatic heterocycles. The van der Waals surface area contributed by atoms with Crippen LogP contribution in [0.25, 0.3) is 0 Å². The number of nitrogens with two attached hydrogens (primary N) is 1. The summed E-state index contributed by atoms with van der Waals surface area (Å²) in [4.78, 5) is 10.7. The molecule has 2 aliphatic carbocycles. The summed E-state index contributed by atoms with van der Waals surface area (Å²) in [6, 6.07) is -0.150. The van der Waals surface area contributed by atoms with Crippen molar-refractivity contribution in [3.8, 4) is 0 Å². The normalized spacial score (nSPS) is 46.6. The lowest BCUT2D eigenvalue weighted by molar-refractivity contribution is -0.143. The molecule has 1 saturated carbocycles. The number of aliphatic carboxylic acids is 1. The van der Waals surface area contributed by atoms with Crippen molar-refractivity contribution >= 4 is 5.97 Å². The molecule has 0 aromatic rings. The smallest absolute Gasteiger partial charge is 0.308 e. The summed E-state index contributed by atoms with van der Waals surface area (Å²) >= 11 is 0. The lowest BCUT2D eigenvalue weighted by Crippen LogP contribution is -2.38. The van der Waals surface area contributed by atoms with Crippen LogP contribution < -0.4 is 5.73 Å². The molecule has 2 aliphatic rings. The summed E-state index contributed by atoms with van der Waals surface area (Å²) in [7, 11) is 0. The first-order valence-corrected chi connectivity index (χ1v) is 3.87. The molecule has 0 saturated heterocycles. The van der Waals surface area contributed by atoms with Crippen LogP contribution in [0, 0.1) is 17.8 Å². The van der Waals surface area contributed by atoms with E-state index in [0.717, 1.165) is 6.42 Å². The summed E-state index contributed by atoms with van der Waals surface area (Å²) in [5, 5.41) is 8.79. The Morgan fingerprint density at radius 1 is 1.45 bits per heavy atom. The zero-order valence-electron chi connectivity index (χ0n) is 6.10. The van der Waals surface area contributed by atoms with Gasteiger partial charge in [-0.05, 0) is 18.3 Å². The Hall–Kier alpha value is -0.830. The van der Waals surface area contributed by atoms with Crippen LogP contribution in [0.3, 0.4) is 0 Å². The van der Waals surface area contributed by atoms with Crippen LogP contribution in [-0.2, 0) is 4.79 Å². The number of hydrogen-bond donors (Lipinski definition) is 2. The van der Waals surface area contributed by atoms with Gasteiger partial charge in [-0.25, -0.2) is 0 Å². The monoisotopic (exact) mass is 153 g/mol. The molecule has 0 radical (unpaired) electrons. The standard InChI is InChI=1S/C8H11NO2/c9-7-5-2-1-4(3-5)6(7)8(10)11/h1-2,4-7H,3,9H2,(H,10,11)/t4?,5?,6-,7-/m1/s1. The van der Waals surface area contributed by atoms with Gasteiger partial charge >= 0.3 is 5.97 Å². The van der Waals surface area contributed by atoms with E-state index in [1.54, 1.807) is 0 Å². The Morgan fingerprint density at radius 2 is 2.09 bits per heavy atom. The second-order valence-electron chi connectivity index (χ2n) is 3.39. The maximum absolute atomic E-state index is 10.7. The van der Waals surface area contributed by atoms with E-state index < -0.39 is 5.97 Å². The van der Waals surface area contributed by atoms with Gasteiger partial charge in [-0.2, -0.15) is 0 Å². The molecule has 0 amide bonds. The highest BCUT2D eigenvalue weighted by Gasteiger charge is 2.46. The third-order valence-corrected chi connectivity index (χ3v) is 2.81. The van der Waals surface area contributed by atoms with E-state index in [4.69, 9.17) is 10.8 Å². The maximum atomic E-state index is 10.7. The molecule has 1 fully saturated rings. The molecule has 4 atom stereocenters. The summed E-state index contributed by atoms with van der Waals surface area (Å²) in [6.07, 6.45) is 4.99. The molecule has 2 rings (SSSR count). The molecular weight excluding hydrogens is 142 g/mol. The first kappa shape index (κ1) is 6.85. The largest absolute Gasteiger partial charge is 0.481 e. The maximum Gasteiger partial charge on any atom is 0.308 e. The van der Waals surface area contributed by atoms with Crippen LogP contribution in [0.2, 0.25) is 0 Å². The van der Waals surface area contributed by atoms with Gasteiger partial charge in [0.15, 0.2) is 0 Å². The van der Waals surface area contributed by atoms with Crippen molar-refractivity contribution in [1.29, 1.82) is 0 Å². The molecule has 3 nitrogen and oxygen atoms in total. The Labute approximate surface area is 64.9 Å². The molecule has 11 heavy (non-hydrogen) atoms.